The maximum atomic E-state index is 12.0. The largest absolute Gasteiger partial charge is 0.508 e. The molecule has 1 saturated heterocycles. The molecule has 0 spiro atoms. The molecule has 1 aromatic carbocycles. The topological polar surface area (TPSA) is 123 Å². The third-order valence-electron chi connectivity index (χ3n) is 3.06. The fourth-order valence-corrected chi connectivity index (χ4v) is 2.59. The Balaban J connectivity index is 1.86. The number of benzene rings is 1. The summed E-state index contributed by atoms with van der Waals surface area (Å²) in [5.41, 5.74) is 0.278. The summed E-state index contributed by atoms with van der Waals surface area (Å²) in [5, 5.41) is 23.2. The lowest BCUT2D eigenvalue weighted by Gasteiger charge is -2.12. The van der Waals surface area contributed by atoms with Gasteiger partial charge in [0.05, 0.1) is 5.75 Å². The number of amides is 3. The molecule has 0 aromatic heterocycles. The first-order chi connectivity index (χ1) is 11.5. The van der Waals surface area contributed by atoms with Crippen LogP contribution in [-0.4, -0.2) is 45.9 Å². The number of thioether (sulfide) groups is 1. The number of carbonyl (C=O) groups excluding carboxylic acids is 3. The second-order valence-electron chi connectivity index (χ2n) is 4.72. The van der Waals surface area contributed by atoms with Crippen molar-refractivity contribution in [2.75, 3.05) is 24.2 Å². The minimum absolute atomic E-state index is 0.0647. The van der Waals surface area contributed by atoms with Crippen molar-refractivity contribution in [3.8, 4) is 11.8 Å². The van der Waals surface area contributed by atoms with E-state index in [2.05, 4.69) is 10.6 Å². The Hall–Kier alpha value is -2.99. The number of nitrogens with zero attached hydrogens (tertiary/aromatic N) is 2. The summed E-state index contributed by atoms with van der Waals surface area (Å²) in [6.45, 7) is 0.398. The van der Waals surface area contributed by atoms with E-state index in [0.29, 0.717) is 5.69 Å². The SMILES string of the molecule is N#C/C(=C/NCCN1C(=O)CSC1=O)C(=O)Nc1ccc(O)cc1. The number of aromatic hydroxyl groups is 1. The Bertz CT molecular complexity index is 708. The molecule has 0 aliphatic carbocycles. The van der Waals surface area contributed by atoms with Crippen LogP contribution in [0.5, 0.6) is 5.75 Å². The minimum atomic E-state index is -0.612. The predicted molar refractivity (Wildman–Crippen MR) is 88.0 cm³/mol. The molecule has 0 atom stereocenters. The standard InChI is InChI=1S/C15H14N4O4S/c16-7-10(14(22)18-11-1-3-12(20)4-2-11)8-17-5-6-19-13(21)9-24-15(19)23/h1-4,8,17,20H,5-6,9H2,(H,18,22)/b10-8-. The van der Waals surface area contributed by atoms with Crippen molar-refractivity contribution >= 4 is 34.5 Å². The molecule has 1 aromatic rings. The highest BCUT2D eigenvalue weighted by Crippen LogP contribution is 2.17. The Morgan fingerprint density at radius 2 is 2.08 bits per heavy atom. The summed E-state index contributed by atoms with van der Waals surface area (Å²) < 4.78 is 0. The molecule has 9 heteroatoms. The molecule has 3 amide bonds. The van der Waals surface area contributed by atoms with Crippen molar-refractivity contribution in [1.82, 2.24) is 10.2 Å². The third kappa shape index (κ3) is 4.50. The zero-order valence-corrected chi connectivity index (χ0v) is 13.3. The number of phenolic OH excluding ortho intramolecular Hbond substituents is 1. The highest BCUT2D eigenvalue weighted by atomic mass is 32.2. The highest BCUT2D eigenvalue weighted by Gasteiger charge is 2.28. The van der Waals surface area contributed by atoms with Crippen LogP contribution >= 0.6 is 11.8 Å². The molecule has 0 radical (unpaired) electrons. The van der Waals surface area contributed by atoms with E-state index < -0.39 is 5.91 Å². The zero-order chi connectivity index (χ0) is 17.5. The fraction of sp³-hybridized carbons (Fsp3) is 0.200. The number of rotatable bonds is 6. The van der Waals surface area contributed by atoms with Gasteiger partial charge in [-0.05, 0) is 24.3 Å². The summed E-state index contributed by atoms with van der Waals surface area (Å²) in [4.78, 5) is 35.9. The zero-order valence-electron chi connectivity index (χ0n) is 12.5. The molecule has 1 aliphatic rings. The Kier molecular flexibility index (Phi) is 5.81. The molecule has 0 saturated carbocycles. The van der Waals surface area contributed by atoms with Crippen molar-refractivity contribution < 1.29 is 19.5 Å². The van der Waals surface area contributed by atoms with Crippen molar-refractivity contribution in [2.24, 2.45) is 0 Å². The van der Waals surface area contributed by atoms with E-state index in [1.165, 1.54) is 30.5 Å². The van der Waals surface area contributed by atoms with Crippen molar-refractivity contribution in [3.63, 3.8) is 0 Å². The summed E-state index contributed by atoms with van der Waals surface area (Å²) in [5.74, 6) is -0.650. The molecule has 0 bridgehead atoms. The average molecular weight is 346 g/mol. The number of imide groups is 1. The highest BCUT2D eigenvalue weighted by molar-refractivity contribution is 8.14. The number of hydrogen-bond donors (Lipinski definition) is 3. The molecule has 1 aliphatic heterocycles. The van der Waals surface area contributed by atoms with Gasteiger partial charge in [0.15, 0.2) is 0 Å². The summed E-state index contributed by atoms with van der Waals surface area (Å²) >= 11 is 0.949. The Morgan fingerprint density at radius 1 is 1.38 bits per heavy atom. The summed E-state index contributed by atoms with van der Waals surface area (Å²) in [6.07, 6.45) is 1.23. The number of carbonyl (C=O) groups is 3. The first-order valence-electron chi connectivity index (χ1n) is 6.92. The second-order valence-corrected chi connectivity index (χ2v) is 5.65. The van der Waals surface area contributed by atoms with Gasteiger partial charge in [0, 0.05) is 25.0 Å². The number of phenols is 1. The summed E-state index contributed by atoms with van der Waals surface area (Å²) in [7, 11) is 0. The lowest BCUT2D eigenvalue weighted by molar-refractivity contribution is -0.124. The van der Waals surface area contributed by atoms with Gasteiger partial charge in [0.1, 0.15) is 17.4 Å². The fourth-order valence-electron chi connectivity index (χ4n) is 1.84. The molecule has 124 valence electrons. The average Bonchev–Trinajstić information content (AvgIpc) is 2.88. The smallest absolute Gasteiger partial charge is 0.288 e. The predicted octanol–water partition coefficient (Wildman–Crippen LogP) is 1.02. The van der Waals surface area contributed by atoms with Gasteiger partial charge in [-0.3, -0.25) is 19.3 Å². The quantitative estimate of drug-likeness (QED) is 0.304. The molecular weight excluding hydrogens is 332 g/mol. The third-order valence-corrected chi connectivity index (χ3v) is 3.92. The normalized spacial score (nSPS) is 14.5. The second kappa shape index (κ2) is 8.03. The van der Waals surface area contributed by atoms with Gasteiger partial charge in [-0.2, -0.15) is 5.26 Å². The van der Waals surface area contributed by atoms with Crippen molar-refractivity contribution in [1.29, 1.82) is 5.26 Å². The van der Waals surface area contributed by atoms with E-state index in [0.717, 1.165) is 16.7 Å². The van der Waals surface area contributed by atoms with E-state index in [9.17, 15) is 19.5 Å². The molecule has 24 heavy (non-hydrogen) atoms. The molecule has 1 fully saturated rings. The van der Waals surface area contributed by atoms with Crippen LogP contribution in [0.4, 0.5) is 10.5 Å². The van der Waals surface area contributed by atoms with Gasteiger partial charge in [-0.1, -0.05) is 11.8 Å². The molecule has 3 N–H and O–H groups in total. The minimum Gasteiger partial charge on any atom is -0.508 e. The van der Waals surface area contributed by atoms with E-state index in [4.69, 9.17) is 5.26 Å². The van der Waals surface area contributed by atoms with Gasteiger partial charge in [-0.25, -0.2) is 0 Å². The number of hydrogen-bond acceptors (Lipinski definition) is 7. The van der Waals surface area contributed by atoms with E-state index >= 15 is 0 Å². The Morgan fingerprint density at radius 3 is 2.67 bits per heavy atom. The van der Waals surface area contributed by atoms with E-state index in [1.54, 1.807) is 6.07 Å². The number of nitrogens with one attached hydrogen (secondary N) is 2. The van der Waals surface area contributed by atoms with Crippen LogP contribution in [0.15, 0.2) is 36.0 Å². The van der Waals surface area contributed by atoms with Crippen LogP contribution in [0, 0.1) is 11.3 Å². The van der Waals surface area contributed by atoms with Crippen LogP contribution in [0.1, 0.15) is 0 Å². The van der Waals surface area contributed by atoms with Crippen LogP contribution in [0.3, 0.4) is 0 Å². The lowest BCUT2D eigenvalue weighted by atomic mass is 10.2. The molecular formula is C15H14N4O4S. The first kappa shape index (κ1) is 17.4. The monoisotopic (exact) mass is 346 g/mol. The van der Waals surface area contributed by atoms with E-state index in [1.807, 2.05) is 0 Å². The van der Waals surface area contributed by atoms with Gasteiger partial charge >= 0.3 is 0 Å². The number of nitriles is 1. The van der Waals surface area contributed by atoms with Crippen molar-refractivity contribution in [3.05, 3.63) is 36.0 Å². The molecule has 0 unspecified atom stereocenters. The van der Waals surface area contributed by atoms with Gasteiger partial charge in [0.2, 0.25) is 5.91 Å². The van der Waals surface area contributed by atoms with Crippen LogP contribution in [0.2, 0.25) is 0 Å². The molecule has 2 rings (SSSR count). The number of anilines is 1. The van der Waals surface area contributed by atoms with Gasteiger partial charge < -0.3 is 15.7 Å². The maximum absolute atomic E-state index is 12.0. The first-order valence-corrected chi connectivity index (χ1v) is 7.91. The maximum Gasteiger partial charge on any atom is 0.288 e. The lowest BCUT2D eigenvalue weighted by Crippen LogP contribution is -2.34. The molecule has 8 nitrogen and oxygen atoms in total. The Labute approximate surface area is 142 Å². The summed E-state index contributed by atoms with van der Waals surface area (Å²) in [6, 6.07) is 7.58. The van der Waals surface area contributed by atoms with Crippen molar-refractivity contribution in [2.45, 2.75) is 0 Å². The van der Waals surface area contributed by atoms with E-state index in [-0.39, 0.29) is 41.3 Å². The molecule has 1 heterocycles. The van der Waals surface area contributed by atoms with Crippen LogP contribution in [0.25, 0.3) is 0 Å². The van der Waals surface area contributed by atoms with Gasteiger partial charge in [0.25, 0.3) is 11.1 Å². The van der Waals surface area contributed by atoms with Crippen LogP contribution in [-0.2, 0) is 9.59 Å². The van der Waals surface area contributed by atoms with Gasteiger partial charge in [-0.15, -0.1) is 0 Å². The van der Waals surface area contributed by atoms with Crippen LogP contribution < -0.4 is 10.6 Å².